The van der Waals surface area contributed by atoms with E-state index in [1.807, 2.05) is 0 Å². The standard InChI is InChI=1S/C32H41NO2Si/c1-24(2)21-29(33(22-26-15-9-6-10-16-26)23-27-17-11-7-12-18-27)30-31(25(3)32(34)35-30)36(4,5)28-19-13-8-14-20-28/h6-20,24-25,29-31H,21-23H2,1-5H3/t25-,29+,30+,31-/m1/s1. The Hall–Kier alpha value is -2.69. The minimum Gasteiger partial charge on any atom is -0.460 e. The van der Waals surface area contributed by atoms with Gasteiger partial charge in [-0.1, -0.05) is 130 Å². The van der Waals surface area contributed by atoms with E-state index in [0.717, 1.165) is 19.5 Å². The summed E-state index contributed by atoms with van der Waals surface area (Å²) in [6.45, 7) is 13.2. The van der Waals surface area contributed by atoms with Gasteiger partial charge >= 0.3 is 5.97 Å². The molecule has 0 N–H and O–H groups in total. The van der Waals surface area contributed by atoms with Gasteiger partial charge in [0.05, 0.1) is 14.0 Å². The van der Waals surface area contributed by atoms with Crippen molar-refractivity contribution < 1.29 is 9.53 Å². The third kappa shape index (κ3) is 5.99. The molecule has 36 heavy (non-hydrogen) atoms. The van der Waals surface area contributed by atoms with Crippen LogP contribution in [0.2, 0.25) is 18.6 Å². The molecule has 4 rings (SSSR count). The highest BCUT2D eigenvalue weighted by atomic mass is 28.3. The summed E-state index contributed by atoms with van der Waals surface area (Å²) >= 11 is 0. The van der Waals surface area contributed by atoms with E-state index in [4.69, 9.17) is 4.74 Å². The Bertz CT molecular complexity index is 1060. The van der Waals surface area contributed by atoms with E-state index in [1.54, 1.807) is 0 Å². The molecule has 0 bridgehead atoms. The van der Waals surface area contributed by atoms with Gasteiger partial charge in [0.15, 0.2) is 0 Å². The molecular weight excluding hydrogens is 458 g/mol. The molecule has 3 aromatic carbocycles. The lowest BCUT2D eigenvalue weighted by Crippen LogP contribution is -2.55. The highest BCUT2D eigenvalue weighted by Crippen LogP contribution is 2.45. The monoisotopic (exact) mass is 499 g/mol. The van der Waals surface area contributed by atoms with Gasteiger partial charge in [-0.2, -0.15) is 0 Å². The van der Waals surface area contributed by atoms with Crippen molar-refractivity contribution in [2.75, 3.05) is 0 Å². The van der Waals surface area contributed by atoms with E-state index in [2.05, 4.69) is 130 Å². The van der Waals surface area contributed by atoms with Crippen LogP contribution in [-0.2, 0) is 22.6 Å². The third-order valence-electron chi connectivity index (χ3n) is 7.89. The lowest BCUT2D eigenvalue weighted by atomic mass is 9.92. The zero-order chi connectivity index (χ0) is 25.7. The summed E-state index contributed by atoms with van der Waals surface area (Å²) < 4.78 is 6.37. The largest absolute Gasteiger partial charge is 0.460 e. The number of nitrogens with zero attached hydrogens (tertiary/aromatic N) is 1. The molecule has 0 aliphatic carbocycles. The third-order valence-corrected chi connectivity index (χ3v) is 12.2. The Morgan fingerprint density at radius 1 is 0.806 bits per heavy atom. The van der Waals surface area contributed by atoms with Crippen LogP contribution in [0.4, 0.5) is 0 Å². The number of hydrogen-bond donors (Lipinski definition) is 0. The molecule has 0 aromatic heterocycles. The molecule has 4 atom stereocenters. The molecule has 4 heteroatoms. The predicted molar refractivity (Wildman–Crippen MR) is 152 cm³/mol. The van der Waals surface area contributed by atoms with Crippen molar-refractivity contribution in [3.05, 3.63) is 102 Å². The maximum absolute atomic E-state index is 13.2. The fourth-order valence-corrected chi connectivity index (χ4v) is 9.99. The number of carbonyl (C=O) groups excluding carboxylic acids is 1. The molecule has 3 aromatic rings. The Morgan fingerprint density at radius 3 is 1.75 bits per heavy atom. The van der Waals surface area contributed by atoms with Gasteiger partial charge in [-0.3, -0.25) is 9.69 Å². The molecule has 0 unspecified atom stereocenters. The summed E-state index contributed by atoms with van der Waals surface area (Å²) in [5.74, 6) is 0.359. The number of cyclic esters (lactones) is 1. The predicted octanol–water partition coefficient (Wildman–Crippen LogP) is 6.65. The lowest BCUT2D eigenvalue weighted by Gasteiger charge is -2.42. The van der Waals surface area contributed by atoms with Crippen molar-refractivity contribution in [1.29, 1.82) is 0 Å². The molecular formula is C32H41NO2Si. The average molecular weight is 500 g/mol. The molecule has 1 saturated heterocycles. The quantitative estimate of drug-likeness (QED) is 0.231. The minimum atomic E-state index is -2.03. The number of benzene rings is 3. The zero-order valence-electron chi connectivity index (χ0n) is 22.4. The van der Waals surface area contributed by atoms with E-state index in [0.29, 0.717) is 5.92 Å². The SMILES string of the molecule is CC(C)C[C@@H]([C@@H]1OC(=O)[C@H](C)[C@H]1[Si](C)(C)c1ccccc1)N(Cc1ccccc1)Cc1ccccc1. The average Bonchev–Trinajstić information content (AvgIpc) is 3.18. The van der Waals surface area contributed by atoms with Crippen LogP contribution >= 0.6 is 0 Å². The summed E-state index contributed by atoms with van der Waals surface area (Å²) in [4.78, 5) is 15.8. The fourth-order valence-electron chi connectivity index (χ4n) is 6.06. The highest BCUT2D eigenvalue weighted by Gasteiger charge is 2.54. The van der Waals surface area contributed by atoms with Crippen LogP contribution in [-0.4, -0.2) is 31.1 Å². The topological polar surface area (TPSA) is 29.5 Å². The van der Waals surface area contributed by atoms with E-state index in [9.17, 15) is 4.79 Å². The molecule has 1 fully saturated rings. The van der Waals surface area contributed by atoms with Gasteiger partial charge in [0, 0.05) is 24.7 Å². The van der Waals surface area contributed by atoms with Gasteiger partial charge in [0.2, 0.25) is 0 Å². The second-order valence-corrected chi connectivity index (χ2v) is 16.1. The molecule has 0 amide bonds. The minimum absolute atomic E-state index is 0.0327. The van der Waals surface area contributed by atoms with Crippen LogP contribution < -0.4 is 5.19 Å². The Labute approximate surface area is 218 Å². The van der Waals surface area contributed by atoms with Crippen molar-refractivity contribution in [2.45, 2.75) is 71.1 Å². The second kappa shape index (κ2) is 11.6. The maximum atomic E-state index is 13.2. The molecule has 1 aliphatic heterocycles. The lowest BCUT2D eigenvalue weighted by molar-refractivity contribution is -0.146. The Morgan fingerprint density at radius 2 is 1.28 bits per heavy atom. The van der Waals surface area contributed by atoms with Crippen LogP contribution in [0.25, 0.3) is 0 Å². The van der Waals surface area contributed by atoms with Gasteiger partial charge in [0.1, 0.15) is 6.10 Å². The number of rotatable bonds is 10. The second-order valence-electron chi connectivity index (χ2n) is 11.4. The van der Waals surface area contributed by atoms with Crippen LogP contribution in [0, 0.1) is 11.8 Å². The molecule has 0 saturated carbocycles. The fraction of sp³-hybridized carbons (Fsp3) is 0.406. The molecule has 0 radical (unpaired) electrons. The first-order valence-corrected chi connectivity index (χ1v) is 16.4. The van der Waals surface area contributed by atoms with E-state index in [-0.39, 0.29) is 29.6 Å². The van der Waals surface area contributed by atoms with E-state index in [1.165, 1.54) is 16.3 Å². The van der Waals surface area contributed by atoms with Crippen LogP contribution in [0.5, 0.6) is 0 Å². The smallest absolute Gasteiger partial charge is 0.309 e. The van der Waals surface area contributed by atoms with Crippen LogP contribution in [0.1, 0.15) is 38.3 Å². The van der Waals surface area contributed by atoms with E-state index >= 15 is 0 Å². The molecule has 1 aliphatic rings. The molecule has 0 spiro atoms. The first-order chi connectivity index (χ1) is 17.3. The number of ether oxygens (including phenoxy) is 1. The molecule has 3 nitrogen and oxygen atoms in total. The maximum Gasteiger partial charge on any atom is 0.309 e. The first kappa shape index (κ1) is 26.4. The van der Waals surface area contributed by atoms with Crippen molar-refractivity contribution in [2.24, 2.45) is 11.8 Å². The Kier molecular flexibility index (Phi) is 8.48. The number of carbonyl (C=O) groups is 1. The van der Waals surface area contributed by atoms with Crippen molar-refractivity contribution in [3.63, 3.8) is 0 Å². The van der Waals surface area contributed by atoms with Crippen molar-refractivity contribution in [1.82, 2.24) is 4.90 Å². The molecule has 190 valence electrons. The van der Waals surface area contributed by atoms with Gasteiger partial charge in [-0.25, -0.2) is 0 Å². The first-order valence-electron chi connectivity index (χ1n) is 13.3. The van der Waals surface area contributed by atoms with Gasteiger partial charge in [0.25, 0.3) is 0 Å². The summed E-state index contributed by atoms with van der Waals surface area (Å²) in [6, 6.07) is 32.4. The summed E-state index contributed by atoms with van der Waals surface area (Å²) in [5.41, 5.74) is 2.79. The summed E-state index contributed by atoms with van der Waals surface area (Å²) in [5, 5.41) is 1.39. The van der Waals surface area contributed by atoms with Crippen molar-refractivity contribution in [3.8, 4) is 0 Å². The van der Waals surface area contributed by atoms with Crippen molar-refractivity contribution >= 4 is 19.2 Å². The van der Waals surface area contributed by atoms with E-state index < -0.39 is 8.07 Å². The summed E-state index contributed by atoms with van der Waals surface area (Å²) in [6.07, 6.45) is 0.865. The van der Waals surface area contributed by atoms with Crippen LogP contribution in [0.3, 0.4) is 0 Å². The number of esters is 1. The Balaban J connectivity index is 1.76. The zero-order valence-corrected chi connectivity index (χ0v) is 23.4. The summed E-state index contributed by atoms with van der Waals surface area (Å²) in [7, 11) is -2.03. The van der Waals surface area contributed by atoms with Crippen LogP contribution in [0.15, 0.2) is 91.0 Å². The molecule has 1 heterocycles. The number of hydrogen-bond acceptors (Lipinski definition) is 3. The van der Waals surface area contributed by atoms with Gasteiger partial charge in [-0.15, -0.1) is 0 Å². The normalized spacial score (nSPS) is 21.1. The van der Waals surface area contributed by atoms with Gasteiger partial charge < -0.3 is 4.74 Å². The highest BCUT2D eigenvalue weighted by molar-refractivity contribution is 6.91. The van der Waals surface area contributed by atoms with Gasteiger partial charge in [-0.05, 0) is 23.5 Å².